The van der Waals surface area contributed by atoms with Crippen LogP contribution >= 0.6 is 0 Å². The van der Waals surface area contributed by atoms with Crippen LogP contribution in [-0.4, -0.2) is 4.92 Å². The molecule has 0 aliphatic rings. The van der Waals surface area contributed by atoms with Gasteiger partial charge in [0.15, 0.2) is 0 Å². The molecule has 0 saturated heterocycles. The number of nitriles is 1. The second-order valence-electron chi connectivity index (χ2n) is 2.54. The van der Waals surface area contributed by atoms with E-state index >= 15 is 0 Å². The lowest BCUT2D eigenvalue weighted by molar-refractivity contribution is -0.387. The van der Waals surface area contributed by atoms with E-state index in [2.05, 4.69) is 0 Å². The second-order valence-corrected chi connectivity index (χ2v) is 2.54. The maximum atomic E-state index is 13.1. The highest BCUT2D eigenvalue weighted by atomic mass is 19.1. The normalized spacial score (nSPS) is 10.2. The van der Waals surface area contributed by atoms with E-state index in [-0.39, 0.29) is 5.56 Å². The zero-order valence-electron chi connectivity index (χ0n) is 7.28. The molecule has 0 unspecified atom stereocenters. The summed E-state index contributed by atoms with van der Waals surface area (Å²) in [6.45, 7) is 0. The Bertz CT molecular complexity index is 478. The Morgan fingerprint density at radius 1 is 1.40 bits per heavy atom. The first-order valence-electron chi connectivity index (χ1n) is 3.76. The molecule has 0 aliphatic carbocycles. The second kappa shape index (κ2) is 4.28. The predicted octanol–water partition coefficient (Wildman–Crippen LogP) is 2.41. The molecule has 4 nitrogen and oxygen atoms in total. The summed E-state index contributed by atoms with van der Waals surface area (Å²) in [5, 5.41) is 18.4. The van der Waals surface area contributed by atoms with E-state index in [4.69, 9.17) is 5.26 Å². The molecule has 15 heavy (non-hydrogen) atoms. The van der Waals surface area contributed by atoms with Crippen molar-refractivity contribution >= 4 is 11.8 Å². The first kappa shape index (κ1) is 10.8. The fourth-order valence-corrected chi connectivity index (χ4v) is 0.946. The van der Waals surface area contributed by atoms with Crippen LogP contribution in [0, 0.1) is 33.1 Å². The van der Waals surface area contributed by atoms with Gasteiger partial charge in [0.05, 0.1) is 17.1 Å². The fourth-order valence-electron chi connectivity index (χ4n) is 0.946. The third kappa shape index (κ3) is 2.34. The van der Waals surface area contributed by atoms with Crippen LogP contribution in [-0.2, 0) is 0 Å². The van der Waals surface area contributed by atoms with E-state index in [1.54, 1.807) is 6.07 Å². The summed E-state index contributed by atoms with van der Waals surface area (Å²) in [6, 6.07) is 2.74. The van der Waals surface area contributed by atoms with Crippen molar-refractivity contribution in [2.24, 2.45) is 0 Å². The lowest BCUT2D eigenvalue weighted by Gasteiger charge is -1.98. The van der Waals surface area contributed by atoms with Gasteiger partial charge < -0.3 is 0 Å². The highest BCUT2D eigenvalue weighted by Gasteiger charge is 2.17. The Kier molecular flexibility index (Phi) is 3.08. The minimum Gasteiger partial charge on any atom is -0.258 e. The zero-order chi connectivity index (χ0) is 11.4. The molecule has 0 bridgehead atoms. The molecule has 1 aromatic rings. The molecule has 1 aromatic carbocycles. The minimum atomic E-state index is -1.14. The third-order valence-electron chi connectivity index (χ3n) is 1.60. The average molecular weight is 210 g/mol. The van der Waals surface area contributed by atoms with Crippen LogP contribution in [0.25, 0.3) is 6.08 Å². The van der Waals surface area contributed by atoms with E-state index in [0.717, 1.165) is 12.2 Å². The SMILES string of the molecule is N#CC=Cc1cc(F)c([N+](=O)[O-])cc1F. The number of halogens is 2. The van der Waals surface area contributed by atoms with Crippen molar-refractivity contribution in [3.63, 3.8) is 0 Å². The van der Waals surface area contributed by atoms with Crippen LogP contribution in [0.1, 0.15) is 5.56 Å². The van der Waals surface area contributed by atoms with Gasteiger partial charge in [-0.05, 0) is 12.1 Å². The summed E-state index contributed by atoms with van der Waals surface area (Å²) in [5.74, 6) is -2.09. The van der Waals surface area contributed by atoms with Gasteiger partial charge in [-0.3, -0.25) is 10.1 Å². The van der Waals surface area contributed by atoms with Crippen LogP contribution in [0.15, 0.2) is 18.2 Å². The van der Waals surface area contributed by atoms with Crippen LogP contribution in [0.3, 0.4) is 0 Å². The lowest BCUT2D eigenvalue weighted by atomic mass is 10.1. The first-order valence-corrected chi connectivity index (χ1v) is 3.76. The molecule has 6 heteroatoms. The monoisotopic (exact) mass is 210 g/mol. The van der Waals surface area contributed by atoms with Crippen molar-refractivity contribution < 1.29 is 13.7 Å². The summed E-state index contributed by atoms with van der Waals surface area (Å²) in [6.07, 6.45) is 1.98. The summed E-state index contributed by atoms with van der Waals surface area (Å²) in [4.78, 5) is 9.21. The number of nitrogens with zero attached hydrogens (tertiary/aromatic N) is 2. The van der Waals surface area contributed by atoms with Gasteiger partial charge in [0.2, 0.25) is 5.82 Å². The smallest absolute Gasteiger partial charge is 0.258 e. The molecule has 0 aromatic heterocycles. The Hall–Kier alpha value is -2.29. The number of rotatable bonds is 2. The average Bonchev–Trinajstić information content (AvgIpc) is 2.18. The van der Waals surface area contributed by atoms with Gasteiger partial charge in [0.25, 0.3) is 0 Å². The fraction of sp³-hybridized carbons (Fsp3) is 0. The number of benzene rings is 1. The summed E-state index contributed by atoms with van der Waals surface area (Å²) in [7, 11) is 0. The van der Waals surface area contributed by atoms with Crippen molar-refractivity contribution in [3.8, 4) is 6.07 Å². The van der Waals surface area contributed by atoms with E-state index in [0.29, 0.717) is 12.1 Å². The minimum absolute atomic E-state index is 0.209. The predicted molar refractivity (Wildman–Crippen MR) is 47.7 cm³/mol. The highest BCUT2D eigenvalue weighted by Crippen LogP contribution is 2.21. The Labute approximate surface area is 83.2 Å². The van der Waals surface area contributed by atoms with Crippen LogP contribution in [0.4, 0.5) is 14.5 Å². The van der Waals surface area contributed by atoms with Crippen molar-refractivity contribution in [2.45, 2.75) is 0 Å². The number of nitro groups is 1. The van der Waals surface area contributed by atoms with Gasteiger partial charge in [0, 0.05) is 11.6 Å². The molecular weight excluding hydrogens is 206 g/mol. The highest BCUT2D eigenvalue weighted by molar-refractivity contribution is 5.55. The van der Waals surface area contributed by atoms with Crippen molar-refractivity contribution in [1.82, 2.24) is 0 Å². The number of nitro benzene ring substituents is 1. The quantitative estimate of drug-likeness (QED) is 0.427. The summed E-state index contributed by atoms with van der Waals surface area (Å²) in [5.41, 5.74) is -1.14. The number of allylic oxidation sites excluding steroid dienone is 1. The number of hydrogen-bond acceptors (Lipinski definition) is 3. The van der Waals surface area contributed by atoms with Crippen LogP contribution in [0.5, 0.6) is 0 Å². The third-order valence-corrected chi connectivity index (χ3v) is 1.60. The molecule has 1 rings (SSSR count). The molecule has 0 radical (unpaired) electrons. The van der Waals surface area contributed by atoms with E-state index < -0.39 is 22.2 Å². The molecule has 0 heterocycles. The van der Waals surface area contributed by atoms with Gasteiger partial charge >= 0.3 is 5.69 Å². The van der Waals surface area contributed by atoms with Crippen molar-refractivity contribution in [3.05, 3.63) is 45.5 Å². The first-order chi connectivity index (χ1) is 7.06. The molecule has 0 spiro atoms. The van der Waals surface area contributed by atoms with E-state index in [1.807, 2.05) is 0 Å². The Morgan fingerprint density at radius 3 is 2.60 bits per heavy atom. The van der Waals surface area contributed by atoms with E-state index in [1.165, 1.54) is 0 Å². The molecule has 0 aliphatic heterocycles. The van der Waals surface area contributed by atoms with Gasteiger partial charge in [-0.1, -0.05) is 0 Å². The van der Waals surface area contributed by atoms with Crippen LogP contribution < -0.4 is 0 Å². The molecule has 0 atom stereocenters. The van der Waals surface area contributed by atoms with Gasteiger partial charge in [-0.25, -0.2) is 4.39 Å². The maximum Gasteiger partial charge on any atom is 0.307 e. The van der Waals surface area contributed by atoms with Crippen LogP contribution in [0.2, 0.25) is 0 Å². The van der Waals surface area contributed by atoms with Gasteiger partial charge in [0.1, 0.15) is 5.82 Å². The molecule has 76 valence electrons. The lowest BCUT2D eigenvalue weighted by Crippen LogP contribution is -1.95. The number of hydrogen-bond donors (Lipinski definition) is 0. The van der Waals surface area contributed by atoms with Crippen molar-refractivity contribution in [2.75, 3.05) is 0 Å². The Morgan fingerprint density at radius 2 is 2.07 bits per heavy atom. The van der Waals surface area contributed by atoms with E-state index in [9.17, 15) is 18.9 Å². The molecule has 0 fully saturated rings. The molecule has 0 N–H and O–H groups in total. The zero-order valence-corrected chi connectivity index (χ0v) is 7.28. The topological polar surface area (TPSA) is 66.9 Å². The van der Waals surface area contributed by atoms with Gasteiger partial charge in [-0.15, -0.1) is 0 Å². The molecule has 0 saturated carbocycles. The maximum absolute atomic E-state index is 13.1. The Balaban J connectivity index is 3.26. The standard InChI is InChI=1S/C9H4F2N2O2/c10-7-5-9(13(14)15)8(11)4-6(7)2-1-3-12/h1-2,4-5H. The molecular formula is C9H4F2N2O2. The molecule has 0 amide bonds. The van der Waals surface area contributed by atoms with Gasteiger partial charge in [-0.2, -0.15) is 9.65 Å². The summed E-state index contributed by atoms with van der Waals surface area (Å²) >= 11 is 0. The van der Waals surface area contributed by atoms with Crippen molar-refractivity contribution in [1.29, 1.82) is 5.26 Å². The largest absolute Gasteiger partial charge is 0.307 e. The summed E-state index contributed by atoms with van der Waals surface area (Å²) < 4.78 is 26.1.